The lowest BCUT2D eigenvalue weighted by Crippen LogP contribution is -2.24. The molecule has 0 spiro atoms. The highest BCUT2D eigenvalue weighted by molar-refractivity contribution is 5.78. The average Bonchev–Trinajstić information content (AvgIpc) is 3.15. The van der Waals surface area contributed by atoms with Gasteiger partial charge >= 0.3 is 0 Å². The molecule has 0 fully saturated rings. The maximum absolute atomic E-state index is 11.8. The fraction of sp³-hybridized carbons (Fsp3) is 0.200. The molecule has 7 heteroatoms. The van der Waals surface area contributed by atoms with Gasteiger partial charge in [0.05, 0.1) is 13.0 Å². The first-order valence-corrected chi connectivity index (χ1v) is 6.77. The molecular weight excluding hydrogens is 284 g/mol. The normalized spacial score (nSPS) is 10.6. The lowest BCUT2D eigenvalue weighted by atomic mass is 10.1. The fourth-order valence-corrected chi connectivity index (χ4v) is 1.92. The van der Waals surface area contributed by atoms with E-state index in [1.165, 1.54) is 0 Å². The molecule has 0 atom stereocenters. The molecule has 0 saturated heterocycles. The van der Waals surface area contributed by atoms with Crippen molar-refractivity contribution in [3.8, 4) is 11.5 Å². The van der Waals surface area contributed by atoms with Crippen molar-refractivity contribution in [1.82, 2.24) is 20.6 Å². The quantitative estimate of drug-likeness (QED) is 0.773. The van der Waals surface area contributed by atoms with Gasteiger partial charge in [0.25, 0.3) is 0 Å². The van der Waals surface area contributed by atoms with Gasteiger partial charge in [-0.25, -0.2) is 0 Å². The number of hydrogen-bond donors (Lipinski definition) is 1. The van der Waals surface area contributed by atoms with Crippen molar-refractivity contribution in [2.75, 3.05) is 0 Å². The zero-order valence-electron chi connectivity index (χ0n) is 11.9. The number of nitrogens with zero attached hydrogens (tertiary/aromatic N) is 3. The highest BCUT2D eigenvalue weighted by Gasteiger charge is 2.13. The maximum Gasteiger partial charge on any atom is 0.246 e. The van der Waals surface area contributed by atoms with E-state index in [2.05, 4.69) is 20.6 Å². The number of amides is 1. The van der Waals surface area contributed by atoms with E-state index < -0.39 is 0 Å². The van der Waals surface area contributed by atoms with Crippen LogP contribution in [0.3, 0.4) is 0 Å². The van der Waals surface area contributed by atoms with Crippen LogP contribution in [0.5, 0.6) is 0 Å². The third-order valence-corrected chi connectivity index (χ3v) is 2.97. The minimum absolute atomic E-state index is 0.108. The summed E-state index contributed by atoms with van der Waals surface area (Å²) in [4.78, 5) is 16.0. The first-order chi connectivity index (χ1) is 10.7. The molecule has 2 heterocycles. The second kappa shape index (κ2) is 6.21. The molecule has 0 saturated carbocycles. The Labute approximate surface area is 126 Å². The van der Waals surface area contributed by atoms with Gasteiger partial charge in [-0.2, -0.15) is 4.98 Å². The lowest BCUT2D eigenvalue weighted by Gasteiger charge is -2.02. The number of rotatable bonds is 5. The molecule has 0 aliphatic rings. The minimum atomic E-state index is -0.108. The molecule has 0 unspecified atom stereocenters. The first-order valence-electron chi connectivity index (χ1n) is 6.77. The summed E-state index contributed by atoms with van der Waals surface area (Å²) in [5.41, 5.74) is 1.45. The smallest absolute Gasteiger partial charge is 0.246 e. The minimum Gasteiger partial charge on any atom is -0.361 e. The molecule has 0 bridgehead atoms. The van der Waals surface area contributed by atoms with E-state index in [1.54, 1.807) is 13.0 Å². The molecule has 22 heavy (non-hydrogen) atoms. The van der Waals surface area contributed by atoms with Gasteiger partial charge in [-0.1, -0.05) is 40.6 Å². The summed E-state index contributed by atoms with van der Waals surface area (Å²) < 4.78 is 10.0. The van der Waals surface area contributed by atoms with Gasteiger partial charge in [-0.05, 0) is 12.5 Å². The van der Waals surface area contributed by atoms with E-state index in [-0.39, 0.29) is 12.5 Å². The van der Waals surface area contributed by atoms with Crippen LogP contribution >= 0.6 is 0 Å². The predicted octanol–water partition coefficient (Wildman–Crippen LogP) is 1.89. The van der Waals surface area contributed by atoms with E-state index in [4.69, 9.17) is 9.05 Å². The van der Waals surface area contributed by atoms with Crippen molar-refractivity contribution in [3.05, 3.63) is 53.6 Å². The van der Waals surface area contributed by atoms with Gasteiger partial charge in [-0.3, -0.25) is 4.79 Å². The SMILES string of the molecule is Cc1cc(-c2noc(CNC(=O)Cc3ccccc3)n2)no1. The van der Waals surface area contributed by atoms with Gasteiger partial charge in [0, 0.05) is 6.07 Å². The number of aromatic nitrogens is 3. The molecule has 112 valence electrons. The van der Waals surface area contributed by atoms with Crippen LogP contribution in [-0.2, 0) is 17.8 Å². The molecule has 1 N–H and O–H groups in total. The van der Waals surface area contributed by atoms with Gasteiger partial charge in [0.1, 0.15) is 5.76 Å². The Bertz CT molecular complexity index is 764. The molecule has 0 aliphatic carbocycles. The van der Waals surface area contributed by atoms with Crippen LogP contribution in [0.2, 0.25) is 0 Å². The standard InChI is InChI=1S/C15H14N4O3/c1-10-7-12(18-21-10)15-17-14(22-19-15)9-16-13(20)8-11-5-3-2-4-6-11/h2-7H,8-9H2,1H3,(H,16,20). The van der Waals surface area contributed by atoms with Gasteiger partial charge in [-0.15, -0.1) is 0 Å². The number of benzene rings is 1. The summed E-state index contributed by atoms with van der Waals surface area (Å²) in [6.45, 7) is 1.96. The van der Waals surface area contributed by atoms with Crippen LogP contribution in [0.15, 0.2) is 45.4 Å². The highest BCUT2D eigenvalue weighted by atomic mass is 16.5. The third kappa shape index (κ3) is 3.38. The average molecular weight is 298 g/mol. The van der Waals surface area contributed by atoms with Crippen LogP contribution in [-0.4, -0.2) is 21.2 Å². The maximum atomic E-state index is 11.8. The number of aryl methyl sites for hydroxylation is 1. The zero-order chi connectivity index (χ0) is 15.4. The van der Waals surface area contributed by atoms with Crippen molar-refractivity contribution < 1.29 is 13.8 Å². The lowest BCUT2D eigenvalue weighted by molar-refractivity contribution is -0.120. The monoisotopic (exact) mass is 298 g/mol. The number of carbonyl (C=O) groups is 1. The second-order valence-corrected chi connectivity index (χ2v) is 4.77. The second-order valence-electron chi connectivity index (χ2n) is 4.77. The van der Waals surface area contributed by atoms with Crippen LogP contribution in [0.1, 0.15) is 17.2 Å². The summed E-state index contributed by atoms with van der Waals surface area (Å²) in [5, 5.41) is 10.3. The Morgan fingerprint density at radius 3 is 2.73 bits per heavy atom. The molecule has 3 rings (SSSR count). The van der Waals surface area contributed by atoms with Crippen LogP contribution in [0, 0.1) is 6.92 Å². The largest absolute Gasteiger partial charge is 0.361 e. The Morgan fingerprint density at radius 2 is 2.00 bits per heavy atom. The van der Waals surface area contributed by atoms with Gasteiger partial charge in [0.15, 0.2) is 5.69 Å². The van der Waals surface area contributed by atoms with Crippen LogP contribution in [0.25, 0.3) is 11.5 Å². The number of nitrogens with one attached hydrogen (secondary N) is 1. The molecule has 2 aromatic heterocycles. The zero-order valence-corrected chi connectivity index (χ0v) is 11.9. The van der Waals surface area contributed by atoms with Crippen molar-refractivity contribution in [2.45, 2.75) is 19.9 Å². The summed E-state index contributed by atoms with van der Waals surface area (Å²) in [6.07, 6.45) is 0.310. The van der Waals surface area contributed by atoms with Crippen molar-refractivity contribution in [1.29, 1.82) is 0 Å². The van der Waals surface area contributed by atoms with Crippen LogP contribution < -0.4 is 5.32 Å². The van der Waals surface area contributed by atoms with E-state index in [9.17, 15) is 4.79 Å². The molecule has 1 aromatic carbocycles. The number of hydrogen-bond acceptors (Lipinski definition) is 6. The molecule has 3 aromatic rings. The summed E-state index contributed by atoms with van der Waals surface area (Å²) in [5.74, 6) is 1.21. The van der Waals surface area contributed by atoms with E-state index in [0.29, 0.717) is 29.6 Å². The summed E-state index contributed by atoms with van der Waals surface area (Å²) in [7, 11) is 0. The highest BCUT2D eigenvalue weighted by Crippen LogP contribution is 2.15. The van der Waals surface area contributed by atoms with Crippen molar-refractivity contribution in [2.24, 2.45) is 0 Å². The molecule has 0 radical (unpaired) electrons. The predicted molar refractivity (Wildman–Crippen MR) is 76.5 cm³/mol. The molecule has 0 aliphatic heterocycles. The van der Waals surface area contributed by atoms with E-state index >= 15 is 0 Å². The van der Waals surface area contributed by atoms with Crippen molar-refractivity contribution in [3.63, 3.8) is 0 Å². The van der Waals surface area contributed by atoms with E-state index in [1.807, 2.05) is 30.3 Å². The van der Waals surface area contributed by atoms with Crippen molar-refractivity contribution >= 4 is 5.91 Å². The van der Waals surface area contributed by atoms with Crippen LogP contribution in [0.4, 0.5) is 0 Å². The van der Waals surface area contributed by atoms with Gasteiger partial charge < -0.3 is 14.4 Å². The third-order valence-electron chi connectivity index (χ3n) is 2.97. The summed E-state index contributed by atoms with van der Waals surface area (Å²) >= 11 is 0. The topological polar surface area (TPSA) is 94.1 Å². The van der Waals surface area contributed by atoms with E-state index in [0.717, 1.165) is 5.56 Å². The fourth-order valence-electron chi connectivity index (χ4n) is 1.92. The number of carbonyl (C=O) groups excluding carboxylic acids is 1. The molecular formula is C15H14N4O3. The van der Waals surface area contributed by atoms with Gasteiger partial charge in [0.2, 0.25) is 17.6 Å². The Kier molecular flexibility index (Phi) is 3.95. The molecule has 1 amide bonds. The Balaban J connectivity index is 1.56. The Hall–Kier alpha value is -2.96. The Morgan fingerprint density at radius 1 is 1.18 bits per heavy atom. The summed E-state index contributed by atoms with van der Waals surface area (Å²) in [6, 6.07) is 11.2. The first kappa shape index (κ1) is 14.0. The molecule has 7 nitrogen and oxygen atoms in total.